The molecule has 0 aromatic carbocycles. The maximum Gasteiger partial charge on any atom is 0.162 e. The van der Waals surface area contributed by atoms with E-state index < -0.39 is 11.1 Å². The van der Waals surface area contributed by atoms with Gasteiger partial charge in [0.2, 0.25) is 0 Å². The number of fused-ring (bicyclic) bond motifs is 1. The molecular weight excluding hydrogens is 302 g/mol. The standard InChI is InChI=1S/C15H19N3OS2/c19-15(11-4-2-1-3-5-11)21-14(12-6-7-20-9-12)17-13-8-16-10-18(13)21/h6-11,15,19,21H,1-5H2. The van der Waals surface area contributed by atoms with Crippen molar-refractivity contribution in [2.45, 2.75) is 37.5 Å². The Labute approximate surface area is 131 Å². The van der Waals surface area contributed by atoms with Crippen molar-refractivity contribution >= 4 is 33.3 Å². The molecule has 4 rings (SSSR count). The number of aliphatic hydroxyl groups excluding tert-OH is 1. The lowest BCUT2D eigenvalue weighted by atomic mass is 9.90. The largest absolute Gasteiger partial charge is 0.382 e. The third-order valence-electron chi connectivity index (χ3n) is 4.37. The summed E-state index contributed by atoms with van der Waals surface area (Å²) >= 11 is 0.825. The number of thiophene rings is 1. The lowest BCUT2D eigenvalue weighted by Crippen LogP contribution is -2.27. The quantitative estimate of drug-likeness (QED) is 0.847. The molecule has 6 heteroatoms. The summed E-state index contributed by atoms with van der Waals surface area (Å²) in [5, 5.41) is 16.3. The van der Waals surface area contributed by atoms with Crippen molar-refractivity contribution in [3.05, 3.63) is 34.9 Å². The zero-order valence-electron chi connectivity index (χ0n) is 11.7. The van der Waals surface area contributed by atoms with Gasteiger partial charge >= 0.3 is 0 Å². The average molecular weight is 321 g/mol. The van der Waals surface area contributed by atoms with E-state index in [-0.39, 0.29) is 5.44 Å². The van der Waals surface area contributed by atoms with Crippen LogP contribution in [0.5, 0.6) is 0 Å². The average Bonchev–Trinajstić information content (AvgIpc) is 3.23. The van der Waals surface area contributed by atoms with Crippen molar-refractivity contribution in [2.24, 2.45) is 10.9 Å². The van der Waals surface area contributed by atoms with Gasteiger partial charge in [0.15, 0.2) is 5.82 Å². The van der Waals surface area contributed by atoms with E-state index in [1.54, 1.807) is 17.5 Å². The Morgan fingerprint density at radius 2 is 2.19 bits per heavy atom. The fourth-order valence-electron chi connectivity index (χ4n) is 3.26. The van der Waals surface area contributed by atoms with E-state index in [2.05, 4.69) is 25.8 Å². The van der Waals surface area contributed by atoms with Gasteiger partial charge in [0.1, 0.15) is 16.8 Å². The summed E-state index contributed by atoms with van der Waals surface area (Å²) in [6.45, 7) is 0. The third kappa shape index (κ3) is 2.35. The molecule has 2 atom stereocenters. The molecule has 2 aromatic rings. The van der Waals surface area contributed by atoms with Crippen LogP contribution in [0.3, 0.4) is 0 Å². The Morgan fingerprint density at radius 1 is 1.33 bits per heavy atom. The molecule has 0 saturated heterocycles. The van der Waals surface area contributed by atoms with Crippen molar-refractivity contribution < 1.29 is 5.11 Å². The molecule has 1 aliphatic heterocycles. The van der Waals surface area contributed by atoms with Crippen LogP contribution in [-0.2, 0) is 0 Å². The predicted octanol–water partition coefficient (Wildman–Crippen LogP) is 3.70. The van der Waals surface area contributed by atoms with Crippen LogP contribution >= 0.6 is 22.4 Å². The first-order valence-corrected chi connectivity index (χ1v) is 9.76. The Kier molecular flexibility index (Phi) is 3.61. The number of aliphatic imine (C=N–C) groups is 1. The second-order valence-electron chi connectivity index (χ2n) is 5.70. The monoisotopic (exact) mass is 321 g/mol. The molecule has 0 bridgehead atoms. The summed E-state index contributed by atoms with van der Waals surface area (Å²) in [6.07, 6.45) is 9.70. The number of rotatable bonds is 3. The molecule has 1 N–H and O–H groups in total. The molecule has 2 aromatic heterocycles. The van der Waals surface area contributed by atoms with Gasteiger partial charge in [-0.05, 0) is 30.2 Å². The highest BCUT2D eigenvalue weighted by molar-refractivity contribution is 8.29. The van der Waals surface area contributed by atoms with Crippen molar-refractivity contribution in [1.82, 2.24) is 8.96 Å². The smallest absolute Gasteiger partial charge is 0.162 e. The number of hydrogen-bond donors (Lipinski definition) is 2. The highest BCUT2D eigenvalue weighted by atomic mass is 32.2. The van der Waals surface area contributed by atoms with Crippen molar-refractivity contribution in [1.29, 1.82) is 0 Å². The first-order valence-electron chi connectivity index (χ1n) is 7.46. The number of imidazole rings is 1. The molecule has 4 nitrogen and oxygen atoms in total. The lowest BCUT2D eigenvalue weighted by Gasteiger charge is -2.34. The molecule has 21 heavy (non-hydrogen) atoms. The highest BCUT2D eigenvalue weighted by Crippen LogP contribution is 2.50. The minimum Gasteiger partial charge on any atom is -0.382 e. The van der Waals surface area contributed by atoms with Gasteiger partial charge in [-0.25, -0.2) is 9.98 Å². The van der Waals surface area contributed by atoms with E-state index >= 15 is 0 Å². The Hall–Kier alpha value is -1.11. The first-order chi connectivity index (χ1) is 10.3. The van der Waals surface area contributed by atoms with Gasteiger partial charge in [-0.3, -0.25) is 3.97 Å². The van der Waals surface area contributed by atoms with Crippen molar-refractivity contribution in [2.75, 3.05) is 0 Å². The molecule has 1 saturated carbocycles. The van der Waals surface area contributed by atoms with Gasteiger partial charge in [-0.1, -0.05) is 30.3 Å². The van der Waals surface area contributed by atoms with Gasteiger partial charge in [0.05, 0.1) is 6.20 Å². The van der Waals surface area contributed by atoms with Crippen LogP contribution in [0.4, 0.5) is 5.82 Å². The second-order valence-corrected chi connectivity index (χ2v) is 8.55. The molecular formula is C15H19N3OS2. The molecule has 1 aliphatic carbocycles. The molecule has 2 aliphatic rings. The number of aromatic nitrogens is 2. The van der Waals surface area contributed by atoms with Crippen LogP contribution in [0.2, 0.25) is 0 Å². The fourth-order valence-corrected chi connectivity index (χ4v) is 6.49. The minimum atomic E-state index is -0.856. The van der Waals surface area contributed by atoms with Gasteiger partial charge < -0.3 is 5.11 Å². The van der Waals surface area contributed by atoms with E-state index in [0.29, 0.717) is 5.92 Å². The van der Waals surface area contributed by atoms with Gasteiger partial charge in [-0.2, -0.15) is 11.3 Å². The van der Waals surface area contributed by atoms with Crippen LogP contribution < -0.4 is 0 Å². The van der Waals surface area contributed by atoms with Gasteiger partial charge in [0.25, 0.3) is 0 Å². The van der Waals surface area contributed by atoms with Gasteiger partial charge in [-0.15, -0.1) is 0 Å². The highest BCUT2D eigenvalue weighted by Gasteiger charge is 2.35. The summed E-state index contributed by atoms with van der Waals surface area (Å²) in [7, 11) is 0. The van der Waals surface area contributed by atoms with Crippen LogP contribution in [-0.4, -0.2) is 24.5 Å². The fraction of sp³-hybridized carbons (Fsp3) is 0.467. The molecule has 1 fully saturated rings. The SMILES string of the molecule is OC(C1CCCCC1)[SH]1C(c2ccsc2)=Nc2cncn21. The second kappa shape index (κ2) is 5.59. The summed E-state index contributed by atoms with van der Waals surface area (Å²) < 4.78 is 2.10. The number of aliphatic hydroxyl groups is 1. The van der Waals surface area contributed by atoms with E-state index in [9.17, 15) is 5.11 Å². The maximum absolute atomic E-state index is 11.0. The van der Waals surface area contributed by atoms with E-state index in [4.69, 9.17) is 4.99 Å². The Bertz CT molecular complexity index is 644. The van der Waals surface area contributed by atoms with Crippen molar-refractivity contribution in [3.63, 3.8) is 0 Å². The van der Waals surface area contributed by atoms with Crippen LogP contribution in [0.1, 0.15) is 37.7 Å². The van der Waals surface area contributed by atoms with Crippen LogP contribution in [0.15, 0.2) is 34.3 Å². The Balaban J connectivity index is 1.69. The van der Waals surface area contributed by atoms with E-state index in [1.807, 2.05) is 6.33 Å². The normalized spacial score (nSPS) is 25.6. The number of nitrogens with zero attached hydrogens (tertiary/aromatic N) is 3. The van der Waals surface area contributed by atoms with Crippen molar-refractivity contribution in [3.8, 4) is 0 Å². The molecule has 112 valence electrons. The molecule has 0 amide bonds. The zero-order chi connectivity index (χ0) is 14.2. The van der Waals surface area contributed by atoms with E-state index in [0.717, 1.165) is 29.3 Å². The van der Waals surface area contributed by atoms with E-state index in [1.165, 1.54) is 19.3 Å². The zero-order valence-corrected chi connectivity index (χ0v) is 13.4. The van der Waals surface area contributed by atoms with Gasteiger partial charge in [0, 0.05) is 10.9 Å². The summed E-state index contributed by atoms with van der Waals surface area (Å²) in [4.78, 5) is 8.94. The minimum absolute atomic E-state index is 0.311. The summed E-state index contributed by atoms with van der Waals surface area (Å²) in [5.74, 6) is 1.29. The van der Waals surface area contributed by atoms with Crippen LogP contribution in [0, 0.1) is 5.92 Å². The summed E-state index contributed by atoms with van der Waals surface area (Å²) in [5.41, 5.74) is 0.846. The Morgan fingerprint density at radius 3 is 2.95 bits per heavy atom. The molecule has 0 radical (unpaired) electrons. The number of thiol groups is 1. The topological polar surface area (TPSA) is 50.4 Å². The first kappa shape index (κ1) is 13.5. The molecule has 2 unspecified atom stereocenters. The maximum atomic E-state index is 11.0. The summed E-state index contributed by atoms with van der Waals surface area (Å²) in [6, 6.07) is 2.10. The third-order valence-corrected chi connectivity index (χ3v) is 7.54. The molecule has 3 heterocycles. The number of hydrogen-bond acceptors (Lipinski definition) is 4. The predicted molar refractivity (Wildman–Crippen MR) is 89.7 cm³/mol. The lowest BCUT2D eigenvalue weighted by molar-refractivity contribution is 0.158. The van der Waals surface area contributed by atoms with Crippen LogP contribution in [0.25, 0.3) is 0 Å². The molecule has 0 spiro atoms.